The lowest BCUT2D eigenvalue weighted by Gasteiger charge is -2.01. The summed E-state index contributed by atoms with van der Waals surface area (Å²) in [5.74, 6) is -0.121. The highest BCUT2D eigenvalue weighted by Gasteiger charge is 2.11. The maximum absolute atomic E-state index is 11.6. The summed E-state index contributed by atoms with van der Waals surface area (Å²) < 4.78 is 4.72. The van der Waals surface area contributed by atoms with Gasteiger partial charge in [-0.15, -0.1) is 0 Å². The number of anilines is 1. The lowest BCUT2D eigenvalue weighted by Crippen LogP contribution is -2.12. The summed E-state index contributed by atoms with van der Waals surface area (Å²) in [4.78, 5) is 15.4. The Labute approximate surface area is 90.1 Å². The van der Waals surface area contributed by atoms with Crippen molar-refractivity contribution in [3.63, 3.8) is 0 Å². The number of pyridine rings is 1. The third kappa shape index (κ3) is 2.13. The van der Waals surface area contributed by atoms with Gasteiger partial charge in [0.1, 0.15) is 5.15 Å². The molecule has 0 aliphatic carbocycles. The number of nitrogens with zero attached hydrogens (tertiary/aromatic N) is 2. The van der Waals surface area contributed by atoms with E-state index in [0.29, 0.717) is 0 Å². The van der Waals surface area contributed by atoms with Crippen LogP contribution in [0, 0.1) is 0 Å². The zero-order chi connectivity index (χ0) is 10.7. The lowest BCUT2D eigenvalue weighted by molar-refractivity contribution is 0.102. The van der Waals surface area contributed by atoms with Gasteiger partial charge in [-0.2, -0.15) is 0 Å². The number of rotatable bonds is 2. The predicted molar refractivity (Wildman–Crippen MR) is 53.7 cm³/mol. The summed E-state index contributed by atoms with van der Waals surface area (Å²) in [5.41, 5.74) is 0.288. The van der Waals surface area contributed by atoms with Crippen LogP contribution >= 0.6 is 11.6 Å². The molecule has 0 radical (unpaired) electrons. The molecule has 0 bridgehead atoms. The molecule has 0 aliphatic rings. The van der Waals surface area contributed by atoms with E-state index in [4.69, 9.17) is 16.1 Å². The molecule has 0 saturated heterocycles. The van der Waals surface area contributed by atoms with E-state index in [2.05, 4.69) is 15.5 Å². The van der Waals surface area contributed by atoms with Gasteiger partial charge in [-0.25, -0.2) is 4.98 Å². The average molecular weight is 224 g/mol. The van der Waals surface area contributed by atoms with Crippen molar-refractivity contribution in [3.8, 4) is 0 Å². The van der Waals surface area contributed by atoms with Gasteiger partial charge in [0.25, 0.3) is 5.91 Å². The van der Waals surface area contributed by atoms with Crippen LogP contribution in [-0.2, 0) is 0 Å². The summed E-state index contributed by atoms with van der Waals surface area (Å²) in [6, 6.07) is 4.73. The SMILES string of the molecule is O=C(Nc1ccno1)c1cccnc1Cl. The van der Waals surface area contributed by atoms with Crippen LogP contribution in [0.4, 0.5) is 5.88 Å². The van der Waals surface area contributed by atoms with Gasteiger partial charge in [0.15, 0.2) is 0 Å². The fourth-order valence-electron chi connectivity index (χ4n) is 1.01. The van der Waals surface area contributed by atoms with Gasteiger partial charge in [-0.3, -0.25) is 10.1 Å². The molecule has 0 fully saturated rings. The summed E-state index contributed by atoms with van der Waals surface area (Å²) in [5, 5.41) is 6.09. The Morgan fingerprint density at radius 2 is 2.27 bits per heavy atom. The molecule has 0 aromatic carbocycles. The van der Waals surface area contributed by atoms with Gasteiger partial charge >= 0.3 is 0 Å². The second-order valence-corrected chi connectivity index (χ2v) is 3.03. The van der Waals surface area contributed by atoms with E-state index in [1.807, 2.05) is 0 Å². The number of carbonyl (C=O) groups excluding carboxylic acids is 1. The summed E-state index contributed by atoms with van der Waals surface area (Å²) in [7, 11) is 0. The van der Waals surface area contributed by atoms with Gasteiger partial charge < -0.3 is 4.52 Å². The minimum Gasteiger partial charge on any atom is -0.338 e. The van der Waals surface area contributed by atoms with Crippen LogP contribution in [0.1, 0.15) is 10.4 Å². The first-order chi connectivity index (χ1) is 7.27. The Bertz CT molecular complexity index is 470. The molecule has 2 aromatic rings. The minimum absolute atomic E-state index is 0.148. The maximum atomic E-state index is 11.6. The monoisotopic (exact) mass is 223 g/mol. The Kier molecular flexibility index (Phi) is 2.64. The number of hydrogen-bond donors (Lipinski definition) is 1. The highest BCUT2D eigenvalue weighted by molar-refractivity contribution is 6.33. The van der Waals surface area contributed by atoms with Crippen molar-refractivity contribution >= 4 is 23.4 Å². The number of aromatic nitrogens is 2. The van der Waals surface area contributed by atoms with Crippen molar-refractivity contribution in [1.29, 1.82) is 0 Å². The quantitative estimate of drug-likeness (QED) is 0.791. The Hall–Kier alpha value is -1.88. The molecule has 0 spiro atoms. The van der Waals surface area contributed by atoms with Gasteiger partial charge in [-0.1, -0.05) is 16.8 Å². The van der Waals surface area contributed by atoms with Gasteiger partial charge in [0.2, 0.25) is 5.88 Å². The topological polar surface area (TPSA) is 68.0 Å². The van der Waals surface area contributed by atoms with Crippen LogP contribution in [0.5, 0.6) is 0 Å². The van der Waals surface area contributed by atoms with Crippen LogP contribution in [0.25, 0.3) is 0 Å². The first kappa shape index (κ1) is 9.67. The molecule has 2 rings (SSSR count). The largest absolute Gasteiger partial charge is 0.338 e. The highest BCUT2D eigenvalue weighted by Crippen LogP contribution is 2.14. The molecule has 15 heavy (non-hydrogen) atoms. The van der Waals surface area contributed by atoms with E-state index >= 15 is 0 Å². The molecule has 5 nitrogen and oxygen atoms in total. The molecule has 2 heterocycles. The first-order valence-corrected chi connectivity index (χ1v) is 4.48. The van der Waals surface area contributed by atoms with E-state index in [-0.39, 0.29) is 22.5 Å². The van der Waals surface area contributed by atoms with E-state index in [9.17, 15) is 4.79 Å². The van der Waals surface area contributed by atoms with Gasteiger partial charge in [0.05, 0.1) is 11.8 Å². The van der Waals surface area contributed by atoms with Crippen molar-refractivity contribution < 1.29 is 9.32 Å². The fourth-order valence-corrected chi connectivity index (χ4v) is 1.22. The molecule has 1 N–H and O–H groups in total. The third-order valence-corrected chi connectivity index (χ3v) is 1.98. The molecular weight excluding hydrogens is 218 g/mol. The fraction of sp³-hybridized carbons (Fsp3) is 0. The van der Waals surface area contributed by atoms with Gasteiger partial charge in [0, 0.05) is 12.3 Å². The highest BCUT2D eigenvalue weighted by atomic mass is 35.5. The van der Waals surface area contributed by atoms with E-state index in [1.54, 1.807) is 12.1 Å². The maximum Gasteiger partial charge on any atom is 0.261 e. The van der Waals surface area contributed by atoms with Crippen molar-refractivity contribution in [2.45, 2.75) is 0 Å². The van der Waals surface area contributed by atoms with Crippen LogP contribution in [-0.4, -0.2) is 16.0 Å². The zero-order valence-electron chi connectivity index (χ0n) is 7.48. The number of nitrogens with one attached hydrogen (secondary N) is 1. The molecule has 0 atom stereocenters. The van der Waals surface area contributed by atoms with Crippen LogP contribution in [0.2, 0.25) is 5.15 Å². The molecule has 76 valence electrons. The normalized spacial score (nSPS) is 9.93. The number of amides is 1. The first-order valence-electron chi connectivity index (χ1n) is 4.10. The van der Waals surface area contributed by atoms with E-state index in [0.717, 1.165) is 0 Å². The number of hydrogen-bond acceptors (Lipinski definition) is 4. The van der Waals surface area contributed by atoms with E-state index in [1.165, 1.54) is 18.5 Å². The summed E-state index contributed by atoms with van der Waals surface area (Å²) in [6.07, 6.45) is 2.94. The summed E-state index contributed by atoms with van der Waals surface area (Å²) in [6.45, 7) is 0. The Morgan fingerprint density at radius 1 is 1.40 bits per heavy atom. The molecule has 1 amide bonds. The van der Waals surface area contributed by atoms with Crippen molar-refractivity contribution in [3.05, 3.63) is 41.3 Å². The number of halogens is 1. The zero-order valence-corrected chi connectivity index (χ0v) is 8.23. The van der Waals surface area contributed by atoms with Crippen molar-refractivity contribution in [2.75, 3.05) is 5.32 Å². The smallest absolute Gasteiger partial charge is 0.261 e. The molecule has 2 aromatic heterocycles. The third-order valence-electron chi connectivity index (χ3n) is 1.68. The average Bonchev–Trinajstić information content (AvgIpc) is 2.71. The molecule has 6 heteroatoms. The standard InChI is InChI=1S/C9H6ClN3O2/c10-8-6(2-1-4-11-8)9(14)13-7-3-5-12-15-7/h1-5H,(H,13,14). The lowest BCUT2D eigenvalue weighted by atomic mass is 10.3. The summed E-state index contributed by atoms with van der Waals surface area (Å²) >= 11 is 5.74. The predicted octanol–water partition coefficient (Wildman–Crippen LogP) is 1.98. The van der Waals surface area contributed by atoms with E-state index < -0.39 is 0 Å². The molecular formula is C9H6ClN3O2. The molecule has 0 saturated carbocycles. The van der Waals surface area contributed by atoms with Gasteiger partial charge in [-0.05, 0) is 12.1 Å². The van der Waals surface area contributed by atoms with Crippen LogP contribution < -0.4 is 5.32 Å². The number of carbonyl (C=O) groups is 1. The Balaban J connectivity index is 2.19. The second kappa shape index (κ2) is 4.10. The van der Waals surface area contributed by atoms with Crippen molar-refractivity contribution in [1.82, 2.24) is 10.1 Å². The molecule has 0 unspecified atom stereocenters. The van der Waals surface area contributed by atoms with Crippen molar-refractivity contribution in [2.24, 2.45) is 0 Å². The van der Waals surface area contributed by atoms with Crippen LogP contribution in [0.3, 0.4) is 0 Å². The minimum atomic E-state index is -0.384. The Morgan fingerprint density at radius 3 is 2.93 bits per heavy atom. The second-order valence-electron chi connectivity index (χ2n) is 2.67. The van der Waals surface area contributed by atoms with Crippen LogP contribution in [0.15, 0.2) is 35.1 Å². The molecule has 0 aliphatic heterocycles.